The van der Waals surface area contributed by atoms with E-state index in [1.165, 1.54) is 0 Å². The van der Waals surface area contributed by atoms with Gasteiger partial charge in [-0.15, -0.1) is 0 Å². The Morgan fingerprint density at radius 3 is 2.70 bits per heavy atom. The Morgan fingerprint density at radius 1 is 1.60 bits per heavy atom. The minimum atomic E-state index is -1.10. The SMILES string of the molecule is CC1C[SiH](C)OC(=O)C1C. The van der Waals surface area contributed by atoms with E-state index in [4.69, 9.17) is 4.43 Å². The molecular formula is C7H14O2Si. The lowest BCUT2D eigenvalue weighted by Gasteiger charge is -2.28. The maximum absolute atomic E-state index is 11.0. The van der Waals surface area contributed by atoms with Gasteiger partial charge >= 0.3 is 0 Å². The van der Waals surface area contributed by atoms with Crippen molar-refractivity contribution in [3.8, 4) is 0 Å². The number of carbonyl (C=O) groups is 1. The Balaban J connectivity index is 2.57. The van der Waals surface area contributed by atoms with Gasteiger partial charge in [-0.2, -0.15) is 0 Å². The van der Waals surface area contributed by atoms with Crippen molar-refractivity contribution in [2.45, 2.75) is 26.4 Å². The quantitative estimate of drug-likeness (QED) is 0.495. The van der Waals surface area contributed by atoms with Crippen LogP contribution in [-0.4, -0.2) is 15.0 Å². The largest absolute Gasteiger partial charge is 0.522 e. The number of hydrogen-bond donors (Lipinski definition) is 0. The van der Waals surface area contributed by atoms with E-state index in [9.17, 15) is 4.79 Å². The highest BCUT2D eigenvalue weighted by Gasteiger charge is 2.30. The second-order valence-corrected chi connectivity index (χ2v) is 5.58. The highest BCUT2D eigenvalue weighted by molar-refractivity contribution is 6.52. The molecule has 10 heavy (non-hydrogen) atoms. The molecule has 1 rings (SSSR count). The smallest absolute Gasteiger partial charge is 0.295 e. The van der Waals surface area contributed by atoms with Crippen LogP contribution in [0.5, 0.6) is 0 Å². The topological polar surface area (TPSA) is 26.3 Å². The van der Waals surface area contributed by atoms with E-state index in [0.717, 1.165) is 6.04 Å². The van der Waals surface area contributed by atoms with Gasteiger partial charge in [-0.25, -0.2) is 0 Å². The molecule has 0 spiro atoms. The molecule has 3 atom stereocenters. The summed E-state index contributed by atoms with van der Waals surface area (Å²) in [6, 6.07) is 1.15. The summed E-state index contributed by atoms with van der Waals surface area (Å²) in [7, 11) is -1.10. The maximum atomic E-state index is 11.0. The number of carbonyl (C=O) groups excluding carboxylic acids is 1. The van der Waals surface area contributed by atoms with Crippen molar-refractivity contribution in [2.24, 2.45) is 11.8 Å². The first-order chi connectivity index (χ1) is 4.61. The van der Waals surface area contributed by atoms with Gasteiger partial charge < -0.3 is 4.43 Å². The zero-order chi connectivity index (χ0) is 7.72. The Hall–Kier alpha value is -0.313. The van der Waals surface area contributed by atoms with Crippen molar-refractivity contribution in [2.75, 3.05) is 0 Å². The summed E-state index contributed by atoms with van der Waals surface area (Å²) in [6.07, 6.45) is 0. The zero-order valence-corrected chi connectivity index (χ0v) is 7.91. The molecule has 0 aliphatic carbocycles. The molecule has 2 nitrogen and oxygen atoms in total. The van der Waals surface area contributed by atoms with E-state index < -0.39 is 9.04 Å². The van der Waals surface area contributed by atoms with Crippen LogP contribution in [0.15, 0.2) is 0 Å². The fourth-order valence-corrected chi connectivity index (χ4v) is 3.48. The van der Waals surface area contributed by atoms with E-state index >= 15 is 0 Å². The van der Waals surface area contributed by atoms with Crippen LogP contribution in [0.4, 0.5) is 0 Å². The molecule has 0 aromatic heterocycles. The molecule has 58 valence electrons. The lowest BCUT2D eigenvalue weighted by Crippen LogP contribution is -2.35. The van der Waals surface area contributed by atoms with Crippen LogP contribution < -0.4 is 0 Å². The van der Waals surface area contributed by atoms with Crippen LogP contribution in [-0.2, 0) is 9.22 Å². The predicted molar refractivity (Wildman–Crippen MR) is 42.2 cm³/mol. The molecule has 0 bridgehead atoms. The highest BCUT2D eigenvalue weighted by Crippen LogP contribution is 2.24. The van der Waals surface area contributed by atoms with Crippen molar-refractivity contribution in [1.29, 1.82) is 0 Å². The number of rotatable bonds is 0. The molecule has 0 aromatic carbocycles. The van der Waals surface area contributed by atoms with Crippen molar-refractivity contribution in [3.63, 3.8) is 0 Å². The van der Waals surface area contributed by atoms with Crippen molar-refractivity contribution < 1.29 is 9.22 Å². The third-order valence-electron chi connectivity index (χ3n) is 2.25. The van der Waals surface area contributed by atoms with Crippen molar-refractivity contribution in [3.05, 3.63) is 0 Å². The highest BCUT2D eigenvalue weighted by atomic mass is 28.3. The van der Waals surface area contributed by atoms with Crippen LogP contribution in [0.3, 0.4) is 0 Å². The molecule has 1 heterocycles. The summed E-state index contributed by atoms with van der Waals surface area (Å²) < 4.78 is 5.17. The first-order valence-electron chi connectivity index (χ1n) is 3.81. The van der Waals surface area contributed by atoms with Gasteiger partial charge in [-0.3, -0.25) is 4.79 Å². The fourth-order valence-electron chi connectivity index (χ4n) is 1.31. The minimum Gasteiger partial charge on any atom is -0.522 e. The van der Waals surface area contributed by atoms with Crippen LogP contribution >= 0.6 is 0 Å². The summed E-state index contributed by atoms with van der Waals surface area (Å²) in [5, 5.41) is 0. The van der Waals surface area contributed by atoms with Crippen LogP contribution in [0, 0.1) is 11.8 Å². The lowest BCUT2D eigenvalue weighted by molar-refractivity contribution is -0.141. The summed E-state index contributed by atoms with van der Waals surface area (Å²) in [6.45, 7) is 6.17. The van der Waals surface area contributed by atoms with Gasteiger partial charge in [0.2, 0.25) is 9.04 Å². The molecule has 0 aromatic rings. The molecule has 0 radical (unpaired) electrons. The van der Waals surface area contributed by atoms with Crippen LogP contribution in [0.25, 0.3) is 0 Å². The monoisotopic (exact) mass is 158 g/mol. The van der Waals surface area contributed by atoms with Gasteiger partial charge in [-0.05, 0) is 18.5 Å². The van der Waals surface area contributed by atoms with Crippen LogP contribution in [0.1, 0.15) is 13.8 Å². The fraction of sp³-hybridized carbons (Fsp3) is 0.857. The molecule has 0 amide bonds. The first kappa shape index (κ1) is 7.79. The second kappa shape index (κ2) is 2.74. The molecule has 1 aliphatic heterocycles. The van der Waals surface area contributed by atoms with Gasteiger partial charge in [0.25, 0.3) is 5.97 Å². The molecule has 1 saturated heterocycles. The second-order valence-electron chi connectivity index (χ2n) is 3.25. The molecule has 3 heteroatoms. The van der Waals surface area contributed by atoms with Gasteiger partial charge in [0.05, 0.1) is 5.92 Å². The summed E-state index contributed by atoms with van der Waals surface area (Å²) in [4.78, 5) is 11.0. The molecule has 3 unspecified atom stereocenters. The average Bonchev–Trinajstić information content (AvgIpc) is 1.82. The lowest BCUT2D eigenvalue weighted by atomic mass is 9.98. The molecular weight excluding hydrogens is 144 g/mol. The van der Waals surface area contributed by atoms with E-state index in [2.05, 4.69) is 13.5 Å². The Labute approximate surface area is 63.3 Å². The zero-order valence-electron chi connectivity index (χ0n) is 6.76. The maximum Gasteiger partial charge on any atom is 0.295 e. The molecule has 0 N–H and O–H groups in total. The molecule has 0 saturated carbocycles. The summed E-state index contributed by atoms with van der Waals surface area (Å²) in [5.74, 6) is 0.699. The Kier molecular flexibility index (Phi) is 2.13. The summed E-state index contributed by atoms with van der Waals surface area (Å²) in [5.41, 5.74) is 0. The van der Waals surface area contributed by atoms with E-state index in [1.807, 2.05) is 6.92 Å². The minimum absolute atomic E-state index is 0.0258. The summed E-state index contributed by atoms with van der Waals surface area (Å²) >= 11 is 0. The third kappa shape index (κ3) is 1.40. The molecule has 1 fully saturated rings. The van der Waals surface area contributed by atoms with Crippen LogP contribution in [0.2, 0.25) is 12.6 Å². The van der Waals surface area contributed by atoms with Gasteiger partial charge in [0.1, 0.15) is 0 Å². The molecule has 1 aliphatic rings. The third-order valence-corrected chi connectivity index (χ3v) is 4.29. The van der Waals surface area contributed by atoms with Gasteiger partial charge in [-0.1, -0.05) is 13.8 Å². The Morgan fingerprint density at radius 2 is 2.20 bits per heavy atom. The normalized spacial score (nSPS) is 41.1. The van der Waals surface area contributed by atoms with Crippen molar-refractivity contribution in [1.82, 2.24) is 0 Å². The predicted octanol–water partition coefficient (Wildman–Crippen LogP) is 1.17. The Bertz CT molecular complexity index is 147. The van der Waals surface area contributed by atoms with E-state index in [-0.39, 0.29) is 11.9 Å². The van der Waals surface area contributed by atoms with Gasteiger partial charge in [0, 0.05) is 0 Å². The first-order valence-corrected chi connectivity index (χ1v) is 6.26. The average molecular weight is 158 g/mol. The van der Waals surface area contributed by atoms with Crippen molar-refractivity contribution >= 4 is 15.0 Å². The van der Waals surface area contributed by atoms with E-state index in [0.29, 0.717) is 5.92 Å². The number of hydrogen-bond acceptors (Lipinski definition) is 2. The van der Waals surface area contributed by atoms with Gasteiger partial charge in [0.15, 0.2) is 0 Å². The van der Waals surface area contributed by atoms with E-state index in [1.54, 1.807) is 0 Å². The standard InChI is InChI=1S/C7H14O2Si/c1-5-4-10(3)9-7(8)6(5)2/h5-6,10H,4H2,1-3H3.